The molecule has 0 heterocycles. The van der Waals surface area contributed by atoms with Crippen molar-refractivity contribution < 1.29 is 9.59 Å². The molecule has 0 atom stereocenters. The first-order chi connectivity index (χ1) is 11.5. The average Bonchev–Trinajstić information content (AvgIpc) is 2.56. The third-order valence-corrected chi connectivity index (χ3v) is 3.91. The molecule has 2 N–H and O–H groups in total. The second kappa shape index (κ2) is 8.71. The number of carbonyl (C=O) groups excluding carboxylic acids is 2. The van der Waals surface area contributed by atoms with E-state index in [9.17, 15) is 9.59 Å². The van der Waals surface area contributed by atoms with Crippen LogP contribution in [0, 0.1) is 0 Å². The normalized spacial score (nSPS) is 10.3. The standard InChI is InChI=1S/C18H18Cl2N2O2/c1-2-3-7-17(23)22-16-11-14(8-9-15(16)20)21-18(24)12-5-4-6-13(19)10-12/h4-6,8-11H,2-3,7H2,1H3,(H,21,24)(H,22,23). The molecule has 2 rings (SSSR count). The monoisotopic (exact) mass is 364 g/mol. The number of unbranched alkanes of at least 4 members (excludes halogenated alkanes) is 1. The van der Waals surface area contributed by atoms with Crippen molar-refractivity contribution in [3.8, 4) is 0 Å². The number of hydrogen-bond donors (Lipinski definition) is 2. The van der Waals surface area contributed by atoms with Crippen molar-refractivity contribution in [3.05, 3.63) is 58.1 Å². The van der Waals surface area contributed by atoms with Crippen molar-refractivity contribution in [1.29, 1.82) is 0 Å². The summed E-state index contributed by atoms with van der Waals surface area (Å²) in [7, 11) is 0. The van der Waals surface area contributed by atoms with Crippen LogP contribution in [-0.4, -0.2) is 11.8 Å². The van der Waals surface area contributed by atoms with Crippen molar-refractivity contribution in [2.24, 2.45) is 0 Å². The van der Waals surface area contributed by atoms with Crippen LogP contribution in [-0.2, 0) is 4.79 Å². The van der Waals surface area contributed by atoms with E-state index in [-0.39, 0.29) is 11.8 Å². The number of rotatable bonds is 6. The number of anilines is 2. The van der Waals surface area contributed by atoms with E-state index in [0.717, 1.165) is 12.8 Å². The van der Waals surface area contributed by atoms with Gasteiger partial charge < -0.3 is 10.6 Å². The number of halogens is 2. The van der Waals surface area contributed by atoms with Gasteiger partial charge in [-0.3, -0.25) is 9.59 Å². The van der Waals surface area contributed by atoms with Gasteiger partial charge in [-0.05, 0) is 42.8 Å². The molecule has 2 amide bonds. The largest absolute Gasteiger partial charge is 0.325 e. The third-order valence-electron chi connectivity index (χ3n) is 3.34. The maximum atomic E-state index is 12.2. The topological polar surface area (TPSA) is 58.2 Å². The van der Waals surface area contributed by atoms with E-state index < -0.39 is 0 Å². The van der Waals surface area contributed by atoms with Crippen molar-refractivity contribution in [3.63, 3.8) is 0 Å². The smallest absolute Gasteiger partial charge is 0.255 e. The van der Waals surface area contributed by atoms with Gasteiger partial charge in [0.25, 0.3) is 5.91 Å². The Bertz CT molecular complexity index is 748. The predicted octanol–water partition coefficient (Wildman–Crippen LogP) is 5.37. The van der Waals surface area contributed by atoms with Crippen LogP contribution >= 0.6 is 23.2 Å². The van der Waals surface area contributed by atoms with Crippen LogP contribution in [0.2, 0.25) is 10.0 Å². The number of carbonyl (C=O) groups is 2. The highest BCUT2D eigenvalue weighted by molar-refractivity contribution is 6.34. The van der Waals surface area contributed by atoms with Gasteiger partial charge >= 0.3 is 0 Å². The van der Waals surface area contributed by atoms with Gasteiger partial charge in [-0.15, -0.1) is 0 Å². The molecule has 0 unspecified atom stereocenters. The van der Waals surface area contributed by atoms with E-state index in [0.29, 0.717) is 33.4 Å². The minimum Gasteiger partial charge on any atom is -0.325 e. The molecule has 0 fully saturated rings. The summed E-state index contributed by atoms with van der Waals surface area (Å²) in [5, 5.41) is 6.43. The van der Waals surface area contributed by atoms with Crippen molar-refractivity contribution >= 4 is 46.4 Å². The Hall–Kier alpha value is -2.04. The van der Waals surface area contributed by atoms with Gasteiger partial charge in [0.05, 0.1) is 10.7 Å². The third kappa shape index (κ3) is 5.25. The predicted molar refractivity (Wildman–Crippen MR) is 99.0 cm³/mol. The first-order valence-electron chi connectivity index (χ1n) is 7.66. The molecule has 2 aromatic carbocycles. The molecular formula is C18H18Cl2N2O2. The minimum atomic E-state index is -0.289. The molecule has 0 aliphatic rings. The van der Waals surface area contributed by atoms with Crippen molar-refractivity contribution in [1.82, 2.24) is 0 Å². The van der Waals surface area contributed by atoms with Crippen LogP contribution in [0.4, 0.5) is 11.4 Å². The van der Waals surface area contributed by atoms with E-state index in [2.05, 4.69) is 10.6 Å². The first-order valence-corrected chi connectivity index (χ1v) is 8.41. The van der Waals surface area contributed by atoms with Gasteiger partial charge in [0.1, 0.15) is 0 Å². The van der Waals surface area contributed by atoms with Crippen LogP contribution < -0.4 is 10.6 Å². The highest BCUT2D eigenvalue weighted by Crippen LogP contribution is 2.26. The van der Waals surface area contributed by atoms with Crippen LogP contribution in [0.5, 0.6) is 0 Å². The van der Waals surface area contributed by atoms with Gasteiger partial charge in [-0.1, -0.05) is 42.6 Å². The zero-order valence-corrected chi connectivity index (χ0v) is 14.7. The summed E-state index contributed by atoms with van der Waals surface area (Å²) >= 11 is 12.0. The van der Waals surface area contributed by atoms with Crippen molar-refractivity contribution in [2.45, 2.75) is 26.2 Å². The maximum absolute atomic E-state index is 12.2. The lowest BCUT2D eigenvalue weighted by Gasteiger charge is -2.11. The molecule has 0 bridgehead atoms. The molecule has 126 valence electrons. The Morgan fingerprint density at radius 3 is 2.54 bits per heavy atom. The number of nitrogens with one attached hydrogen (secondary N) is 2. The SMILES string of the molecule is CCCCC(=O)Nc1cc(NC(=O)c2cccc(Cl)c2)ccc1Cl. The molecule has 24 heavy (non-hydrogen) atoms. The summed E-state index contributed by atoms with van der Waals surface area (Å²) in [5.74, 6) is -0.389. The summed E-state index contributed by atoms with van der Waals surface area (Å²) < 4.78 is 0. The molecule has 0 saturated carbocycles. The molecule has 0 aliphatic carbocycles. The summed E-state index contributed by atoms with van der Waals surface area (Å²) in [6.45, 7) is 2.02. The van der Waals surface area contributed by atoms with Crippen LogP contribution in [0.3, 0.4) is 0 Å². The van der Waals surface area contributed by atoms with Gasteiger partial charge in [-0.25, -0.2) is 0 Å². The van der Waals surface area contributed by atoms with Crippen LogP contribution in [0.1, 0.15) is 36.5 Å². The summed E-state index contributed by atoms with van der Waals surface area (Å²) in [6.07, 6.45) is 2.19. The zero-order valence-electron chi connectivity index (χ0n) is 13.2. The molecule has 0 saturated heterocycles. The lowest BCUT2D eigenvalue weighted by atomic mass is 10.2. The van der Waals surface area contributed by atoms with E-state index in [1.165, 1.54) is 0 Å². The summed E-state index contributed by atoms with van der Waals surface area (Å²) in [4.78, 5) is 24.1. The van der Waals surface area contributed by atoms with Gasteiger partial charge in [0.2, 0.25) is 5.91 Å². The second-order valence-electron chi connectivity index (χ2n) is 5.31. The molecule has 0 radical (unpaired) electrons. The van der Waals surface area contributed by atoms with Gasteiger partial charge in [0.15, 0.2) is 0 Å². The molecule has 2 aromatic rings. The number of benzene rings is 2. The zero-order chi connectivity index (χ0) is 17.5. The number of hydrogen-bond acceptors (Lipinski definition) is 2. The Balaban J connectivity index is 2.10. The lowest BCUT2D eigenvalue weighted by molar-refractivity contribution is -0.116. The van der Waals surface area contributed by atoms with E-state index in [4.69, 9.17) is 23.2 Å². The molecule has 0 aliphatic heterocycles. The van der Waals surface area contributed by atoms with Crippen LogP contribution in [0.25, 0.3) is 0 Å². The first kappa shape index (κ1) is 18.3. The second-order valence-corrected chi connectivity index (χ2v) is 6.15. The Kier molecular flexibility index (Phi) is 6.64. The average molecular weight is 365 g/mol. The van der Waals surface area contributed by atoms with Gasteiger partial charge in [0, 0.05) is 22.7 Å². The Labute approximate surface area is 151 Å². The fourth-order valence-electron chi connectivity index (χ4n) is 2.08. The molecule has 4 nitrogen and oxygen atoms in total. The quantitative estimate of drug-likeness (QED) is 0.723. The summed E-state index contributed by atoms with van der Waals surface area (Å²) in [5.41, 5.74) is 1.46. The Morgan fingerprint density at radius 2 is 1.83 bits per heavy atom. The fourth-order valence-corrected chi connectivity index (χ4v) is 2.44. The maximum Gasteiger partial charge on any atom is 0.255 e. The highest BCUT2D eigenvalue weighted by Gasteiger charge is 2.10. The highest BCUT2D eigenvalue weighted by atomic mass is 35.5. The van der Waals surface area contributed by atoms with E-state index >= 15 is 0 Å². The van der Waals surface area contributed by atoms with Crippen molar-refractivity contribution in [2.75, 3.05) is 10.6 Å². The van der Waals surface area contributed by atoms with E-state index in [1.807, 2.05) is 6.92 Å². The fraction of sp³-hybridized carbons (Fsp3) is 0.222. The molecular weight excluding hydrogens is 347 g/mol. The minimum absolute atomic E-state index is 0.0999. The summed E-state index contributed by atoms with van der Waals surface area (Å²) in [6, 6.07) is 11.6. The van der Waals surface area contributed by atoms with Crippen LogP contribution in [0.15, 0.2) is 42.5 Å². The molecule has 0 spiro atoms. The lowest BCUT2D eigenvalue weighted by Crippen LogP contribution is -2.14. The van der Waals surface area contributed by atoms with E-state index in [1.54, 1.807) is 42.5 Å². The molecule has 0 aromatic heterocycles. The van der Waals surface area contributed by atoms with Gasteiger partial charge in [-0.2, -0.15) is 0 Å². The number of amides is 2. The Morgan fingerprint density at radius 1 is 1.04 bits per heavy atom. The molecule has 6 heteroatoms.